The van der Waals surface area contributed by atoms with Gasteiger partial charge in [0.1, 0.15) is 12.6 Å². The van der Waals surface area contributed by atoms with Gasteiger partial charge in [-0.3, -0.25) is 9.69 Å². The van der Waals surface area contributed by atoms with Gasteiger partial charge in [0.15, 0.2) is 5.82 Å². The molecule has 0 bridgehead atoms. The minimum atomic E-state index is -0.375. The Labute approximate surface area is 135 Å². The number of hydrogen-bond donors (Lipinski definition) is 1. The molecule has 0 aliphatic heterocycles. The van der Waals surface area contributed by atoms with Crippen molar-refractivity contribution in [2.75, 3.05) is 21.2 Å². The third-order valence-electron chi connectivity index (χ3n) is 3.32. The first kappa shape index (κ1) is 17.1. The standard InChI is InChI=1S/C16H22N4O3/c1-11-6-5-7-12(8-11)15(20(2)3)16(21)17-9-13-18-14(10-22-4)23-19-13/h5-8,15H,9-10H2,1-4H3,(H,17,21). The second kappa shape index (κ2) is 7.85. The highest BCUT2D eigenvalue weighted by Crippen LogP contribution is 2.19. The topological polar surface area (TPSA) is 80.5 Å². The maximum Gasteiger partial charge on any atom is 0.252 e. The van der Waals surface area contributed by atoms with Gasteiger partial charge in [0.05, 0.1) is 6.54 Å². The van der Waals surface area contributed by atoms with Crippen molar-refractivity contribution in [1.29, 1.82) is 0 Å². The number of nitrogens with one attached hydrogen (secondary N) is 1. The van der Waals surface area contributed by atoms with Crippen molar-refractivity contribution in [2.24, 2.45) is 0 Å². The zero-order valence-corrected chi connectivity index (χ0v) is 13.9. The summed E-state index contributed by atoms with van der Waals surface area (Å²) in [5.74, 6) is 0.699. The molecule has 0 radical (unpaired) electrons. The van der Waals surface area contributed by atoms with Gasteiger partial charge in [0.25, 0.3) is 5.89 Å². The highest BCUT2D eigenvalue weighted by Gasteiger charge is 2.23. The van der Waals surface area contributed by atoms with Crippen LogP contribution in [0.3, 0.4) is 0 Å². The van der Waals surface area contributed by atoms with Crippen LogP contribution in [0, 0.1) is 6.92 Å². The lowest BCUT2D eigenvalue weighted by atomic mass is 10.0. The summed E-state index contributed by atoms with van der Waals surface area (Å²) in [6, 6.07) is 7.53. The number of aromatic nitrogens is 2. The van der Waals surface area contributed by atoms with Crippen molar-refractivity contribution < 1.29 is 14.1 Å². The largest absolute Gasteiger partial charge is 0.375 e. The molecule has 7 heteroatoms. The Kier molecular flexibility index (Phi) is 5.84. The molecule has 0 fully saturated rings. The SMILES string of the molecule is COCc1nc(CNC(=O)C(c2cccc(C)c2)N(C)C)no1. The average Bonchev–Trinajstić information content (AvgIpc) is 2.93. The highest BCUT2D eigenvalue weighted by atomic mass is 16.5. The molecule has 1 aromatic heterocycles. The number of aryl methyl sites for hydroxylation is 1. The summed E-state index contributed by atoms with van der Waals surface area (Å²) in [5, 5.41) is 6.65. The van der Waals surface area contributed by atoms with Crippen LogP contribution in [0.5, 0.6) is 0 Å². The molecule has 1 atom stereocenters. The van der Waals surface area contributed by atoms with E-state index in [4.69, 9.17) is 9.26 Å². The molecule has 1 N–H and O–H groups in total. The molecule has 1 unspecified atom stereocenters. The van der Waals surface area contributed by atoms with E-state index in [1.165, 1.54) is 0 Å². The Hall–Kier alpha value is -2.25. The number of likely N-dealkylation sites (N-methyl/N-ethyl adjacent to an activating group) is 1. The first-order valence-corrected chi connectivity index (χ1v) is 7.32. The van der Waals surface area contributed by atoms with Crippen LogP contribution in [-0.2, 0) is 22.7 Å². The van der Waals surface area contributed by atoms with Gasteiger partial charge in [0, 0.05) is 7.11 Å². The third-order valence-corrected chi connectivity index (χ3v) is 3.32. The van der Waals surface area contributed by atoms with Crippen molar-refractivity contribution in [1.82, 2.24) is 20.4 Å². The molecule has 7 nitrogen and oxygen atoms in total. The molecule has 0 saturated carbocycles. The van der Waals surface area contributed by atoms with Crippen LogP contribution in [0.2, 0.25) is 0 Å². The monoisotopic (exact) mass is 318 g/mol. The molecule has 0 aliphatic carbocycles. The Morgan fingerprint density at radius 1 is 1.43 bits per heavy atom. The lowest BCUT2D eigenvalue weighted by Crippen LogP contribution is -2.37. The molecule has 1 amide bonds. The first-order chi connectivity index (χ1) is 11.0. The molecular formula is C16H22N4O3. The maximum atomic E-state index is 12.5. The van der Waals surface area contributed by atoms with Crippen LogP contribution in [0.25, 0.3) is 0 Å². The number of methoxy groups -OCH3 is 1. The van der Waals surface area contributed by atoms with Gasteiger partial charge in [0.2, 0.25) is 5.91 Å². The van der Waals surface area contributed by atoms with Gasteiger partial charge in [-0.1, -0.05) is 35.0 Å². The van der Waals surface area contributed by atoms with Crippen molar-refractivity contribution >= 4 is 5.91 Å². The molecular weight excluding hydrogens is 296 g/mol. The number of ether oxygens (including phenoxy) is 1. The molecule has 0 aliphatic rings. The Balaban J connectivity index is 2.03. The fraction of sp³-hybridized carbons (Fsp3) is 0.438. The van der Waals surface area contributed by atoms with E-state index in [-0.39, 0.29) is 25.1 Å². The van der Waals surface area contributed by atoms with Crippen LogP contribution < -0.4 is 5.32 Å². The summed E-state index contributed by atoms with van der Waals surface area (Å²) < 4.78 is 9.91. The van der Waals surface area contributed by atoms with Crippen LogP contribution in [0.15, 0.2) is 28.8 Å². The Morgan fingerprint density at radius 3 is 2.87 bits per heavy atom. The van der Waals surface area contributed by atoms with E-state index < -0.39 is 0 Å². The number of rotatable bonds is 7. The lowest BCUT2D eigenvalue weighted by molar-refractivity contribution is -0.126. The fourth-order valence-electron chi connectivity index (χ4n) is 2.33. The van der Waals surface area contributed by atoms with Crippen LogP contribution in [-0.4, -0.2) is 42.2 Å². The molecule has 2 aromatic rings. The third kappa shape index (κ3) is 4.61. The molecule has 0 spiro atoms. The zero-order valence-electron chi connectivity index (χ0n) is 13.9. The van der Waals surface area contributed by atoms with E-state index in [0.29, 0.717) is 11.7 Å². The smallest absolute Gasteiger partial charge is 0.252 e. The van der Waals surface area contributed by atoms with E-state index in [2.05, 4.69) is 15.5 Å². The summed E-state index contributed by atoms with van der Waals surface area (Å²) in [6.45, 7) is 2.47. The number of amides is 1. The van der Waals surface area contributed by atoms with Crippen molar-refractivity contribution in [3.63, 3.8) is 0 Å². The predicted octanol–water partition coefficient (Wildman–Crippen LogP) is 1.44. The quantitative estimate of drug-likeness (QED) is 0.832. The van der Waals surface area contributed by atoms with Gasteiger partial charge in [-0.15, -0.1) is 0 Å². The predicted molar refractivity (Wildman–Crippen MR) is 84.5 cm³/mol. The van der Waals surface area contributed by atoms with E-state index in [0.717, 1.165) is 11.1 Å². The zero-order chi connectivity index (χ0) is 16.8. The van der Waals surface area contributed by atoms with Gasteiger partial charge in [-0.25, -0.2) is 0 Å². The normalized spacial score (nSPS) is 12.4. The van der Waals surface area contributed by atoms with Crippen LogP contribution >= 0.6 is 0 Å². The van der Waals surface area contributed by atoms with Gasteiger partial charge < -0.3 is 14.6 Å². The van der Waals surface area contributed by atoms with E-state index in [1.54, 1.807) is 7.11 Å². The summed E-state index contributed by atoms with van der Waals surface area (Å²) in [5.41, 5.74) is 2.06. The molecule has 23 heavy (non-hydrogen) atoms. The van der Waals surface area contributed by atoms with Crippen LogP contribution in [0.1, 0.15) is 28.9 Å². The minimum absolute atomic E-state index is 0.112. The number of carbonyl (C=O) groups excluding carboxylic acids is 1. The van der Waals surface area contributed by atoms with Crippen molar-refractivity contribution in [3.8, 4) is 0 Å². The molecule has 1 heterocycles. The second-order valence-electron chi connectivity index (χ2n) is 5.54. The van der Waals surface area contributed by atoms with Gasteiger partial charge in [-0.05, 0) is 26.6 Å². The molecule has 2 rings (SSSR count). The highest BCUT2D eigenvalue weighted by molar-refractivity contribution is 5.83. The Morgan fingerprint density at radius 2 is 2.22 bits per heavy atom. The number of hydrogen-bond acceptors (Lipinski definition) is 6. The van der Waals surface area contributed by atoms with Crippen LogP contribution in [0.4, 0.5) is 0 Å². The number of benzene rings is 1. The van der Waals surface area contributed by atoms with Crippen molar-refractivity contribution in [3.05, 3.63) is 47.1 Å². The minimum Gasteiger partial charge on any atom is -0.375 e. The van der Waals surface area contributed by atoms with Gasteiger partial charge >= 0.3 is 0 Å². The maximum absolute atomic E-state index is 12.5. The lowest BCUT2D eigenvalue weighted by Gasteiger charge is -2.23. The Bertz CT molecular complexity index is 654. The summed E-state index contributed by atoms with van der Waals surface area (Å²) in [6.07, 6.45) is 0. The molecule has 1 aromatic carbocycles. The fourth-order valence-corrected chi connectivity index (χ4v) is 2.33. The second-order valence-corrected chi connectivity index (χ2v) is 5.54. The summed E-state index contributed by atoms with van der Waals surface area (Å²) >= 11 is 0. The number of nitrogens with zero attached hydrogens (tertiary/aromatic N) is 3. The first-order valence-electron chi connectivity index (χ1n) is 7.32. The summed E-state index contributed by atoms with van der Waals surface area (Å²) in [4.78, 5) is 18.5. The van der Waals surface area contributed by atoms with Crippen molar-refractivity contribution in [2.45, 2.75) is 26.1 Å². The summed E-state index contributed by atoms with van der Waals surface area (Å²) in [7, 11) is 5.30. The molecule has 124 valence electrons. The number of carbonyl (C=O) groups is 1. The van der Waals surface area contributed by atoms with Gasteiger partial charge in [-0.2, -0.15) is 4.98 Å². The van der Waals surface area contributed by atoms with E-state index in [9.17, 15) is 4.79 Å². The molecule has 0 saturated heterocycles. The van der Waals surface area contributed by atoms with E-state index >= 15 is 0 Å². The van der Waals surface area contributed by atoms with E-state index in [1.807, 2.05) is 50.2 Å². The average molecular weight is 318 g/mol.